The lowest BCUT2D eigenvalue weighted by Crippen LogP contribution is -2.42. The summed E-state index contributed by atoms with van der Waals surface area (Å²) in [6.07, 6.45) is 8.60. The maximum atomic E-state index is 12.9. The molecular formula is C21H31N3O2. The molecule has 2 aliphatic heterocycles. The Kier molecular flexibility index (Phi) is 5.55. The highest BCUT2D eigenvalue weighted by Gasteiger charge is 2.50. The van der Waals surface area contributed by atoms with Gasteiger partial charge in [-0.2, -0.15) is 0 Å². The molecule has 2 atom stereocenters. The van der Waals surface area contributed by atoms with Gasteiger partial charge in [-0.05, 0) is 62.1 Å². The predicted octanol–water partition coefficient (Wildman–Crippen LogP) is 2.62. The molecule has 1 aromatic heterocycles. The van der Waals surface area contributed by atoms with Gasteiger partial charge in [-0.1, -0.05) is 12.5 Å². The van der Waals surface area contributed by atoms with E-state index in [1.54, 1.807) is 0 Å². The fraction of sp³-hybridized carbons (Fsp3) is 0.714. The van der Waals surface area contributed by atoms with Crippen molar-refractivity contribution in [3.63, 3.8) is 0 Å². The smallest absolute Gasteiger partial charge is 0.223 e. The standard InChI is InChI=1S/C21H31N3O2/c25-20(23-14-17-6-12-26-13-7-17)19-5-3-8-21(19)9-11-24(16-21)15-18-4-1-2-10-22-18/h1-2,4,10,17,19H,3,5-9,11-16H2,(H,23,25)/t19-,21+/m0/s1. The number of carbonyl (C=O) groups excluding carboxylic acids is 1. The minimum absolute atomic E-state index is 0.189. The van der Waals surface area contributed by atoms with Crippen molar-refractivity contribution in [2.24, 2.45) is 17.3 Å². The first kappa shape index (κ1) is 17.9. The third kappa shape index (κ3) is 3.94. The van der Waals surface area contributed by atoms with Crippen LogP contribution in [-0.4, -0.2) is 48.6 Å². The van der Waals surface area contributed by atoms with E-state index in [9.17, 15) is 4.79 Å². The van der Waals surface area contributed by atoms with Crippen molar-refractivity contribution in [1.29, 1.82) is 0 Å². The number of ether oxygens (including phenoxy) is 1. The molecule has 0 aromatic carbocycles. The van der Waals surface area contributed by atoms with Crippen molar-refractivity contribution < 1.29 is 9.53 Å². The van der Waals surface area contributed by atoms with Crippen LogP contribution in [0.3, 0.4) is 0 Å². The highest BCUT2D eigenvalue weighted by molar-refractivity contribution is 5.80. The van der Waals surface area contributed by atoms with E-state index in [4.69, 9.17) is 4.74 Å². The van der Waals surface area contributed by atoms with Crippen LogP contribution in [0.15, 0.2) is 24.4 Å². The fourth-order valence-electron chi connectivity index (χ4n) is 5.19. The van der Waals surface area contributed by atoms with E-state index < -0.39 is 0 Å². The van der Waals surface area contributed by atoms with Crippen LogP contribution in [0.25, 0.3) is 0 Å². The third-order valence-corrected chi connectivity index (χ3v) is 6.71. The molecule has 3 aliphatic rings. The summed E-state index contributed by atoms with van der Waals surface area (Å²) in [5, 5.41) is 3.28. The zero-order chi connectivity index (χ0) is 17.8. The average molecular weight is 357 g/mol. The lowest BCUT2D eigenvalue weighted by atomic mass is 9.76. The summed E-state index contributed by atoms with van der Waals surface area (Å²) in [4.78, 5) is 19.9. The van der Waals surface area contributed by atoms with Gasteiger partial charge in [-0.3, -0.25) is 14.7 Å². The van der Waals surface area contributed by atoms with Crippen LogP contribution in [-0.2, 0) is 16.1 Å². The second kappa shape index (κ2) is 8.05. The second-order valence-electron chi connectivity index (χ2n) is 8.39. The van der Waals surface area contributed by atoms with Gasteiger partial charge >= 0.3 is 0 Å². The third-order valence-electron chi connectivity index (χ3n) is 6.71. The van der Waals surface area contributed by atoms with E-state index in [-0.39, 0.29) is 11.3 Å². The van der Waals surface area contributed by atoms with Crippen molar-refractivity contribution in [1.82, 2.24) is 15.2 Å². The average Bonchev–Trinajstić information content (AvgIpc) is 3.28. The number of pyridine rings is 1. The maximum Gasteiger partial charge on any atom is 0.223 e. The van der Waals surface area contributed by atoms with Gasteiger partial charge in [0.2, 0.25) is 5.91 Å². The van der Waals surface area contributed by atoms with E-state index in [2.05, 4.69) is 27.3 Å². The molecule has 5 nitrogen and oxygen atoms in total. The van der Waals surface area contributed by atoms with Crippen molar-refractivity contribution >= 4 is 5.91 Å². The molecule has 0 radical (unpaired) electrons. The fourth-order valence-corrected chi connectivity index (χ4v) is 5.19. The van der Waals surface area contributed by atoms with Crippen molar-refractivity contribution in [3.8, 4) is 0 Å². The Balaban J connectivity index is 1.33. The highest BCUT2D eigenvalue weighted by atomic mass is 16.5. The normalized spacial score (nSPS) is 30.1. The zero-order valence-electron chi connectivity index (χ0n) is 15.7. The molecule has 1 aromatic rings. The molecule has 0 unspecified atom stereocenters. The summed E-state index contributed by atoms with van der Waals surface area (Å²) in [6, 6.07) is 6.11. The molecule has 2 saturated heterocycles. The van der Waals surface area contributed by atoms with Crippen LogP contribution < -0.4 is 5.32 Å². The van der Waals surface area contributed by atoms with Gasteiger partial charge in [0.05, 0.1) is 5.69 Å². The number of nitrogens with zero attached hydrogens (tertiary/aromatic N) is 2. The van der Waals surface area contributed by atoms with Crippen LogP contribution in [0.2, 0.25) is 0 Å². The van der Waals surface area contributed by atoms with Gasteiger partial charge in [0, 0.05) is 45.0 Å². The van der Waals surface area contributed by atoms with Crippen molar-refractivity contribution in [2.45, 2.75) is 45.1 Å². The van der Waals surface area contributed by atoms with E-state index in [0.717, 1.165) is 70.8 Å². The van der Waals surface area contributed by atoms with Gasteiger partial charge in [0.25, 0.3) is 0 Å². The van der Waals surface area contributed by atoms with E-state index >= 15 is 0 Å². The number of hydrogen-bond donors (Lipinski definition) is 1. The number of hydrogen-bond acceptors (Lipinski definition) is 4. The summed E-state index contributed by atoms with van der Waals surface area (Å²) in [6.45, 7) is 5.54. The summed E-state index contributed by atoms with van der Waals surface area (Å²) in [7, 11) is 0. The van der Waals surface area contributed by atoms with Crippen LogP contribution in [0.5, 0.6) is 0 Å². The lowest BCUT2D eigenvalue weighted by Gasteiger charge is -2.31. The quantitative estimate of drug-likeness (QED) is 0.880. The molecule has 3 fully saturated rings. The first-order chi connectivity index (χ1) is 12.8. The van der Waals surface area contributed by atoms with Crippen LogP contribution in [0.4, 0.5) is 0 Å². The Bertz CT molecular complexity index is 603. The summed E-state index contributed by atoms with van der Waals surface area (Å²) in [5.41, 5.74) is 1.32. The summed E-state index contributed by atoms with van der Waals surface area (Å²) < 4.78 is 5.42. The molecule has 1 N–H and O–H groups in total. The predicted molar refractivity (Wildman–Crippen MR) is 100 cm³/mol. The SMILES string of the molecule is O=C(NCC1CCOCC1)[C@@H]1CCC[C@]12CCN(Cc1ccccn1)C2. The number of likely N-dealkylation sites (tertiary alicyclic amines) is 1. The molecule has 26 heavy (non-hydrogen) atoms. The maximum absolute atomic E-state index is 12.9. The topological polar surface area (TPSA) is 54.5 Å². The minimum atomic E-state index is 0.189. The first-order valence-electron chi connectivity index (χ1n) is 10.2. The number of aromatic nitrogens is 1. The van der Waals surface area contributed by atoms with Gasteiger partial charge in [-0.25, -0.2) is 0 Å². The number of nitrogens with one attached hydrogen (secondary N) is 1. The molecule has 4 rings (SSSR count). The van der Waals surface area contributed by atoms with E-state index in [0.29, 0.717) is 11.8 Å². The largest absolute Gasteiger partial charge is 0.381 e. The van der Waals surface area contributed by atoms with Crippen molar-refractivity contribution in [2.75, 3.05) is 32.8 Å². The molecule has 1 aliphatic carbocycles. The Morgan fingerprint density at radius 1 is 1.27 bits per heavy atom. The minimum Gasteiger partial charge on any atom is -0.381 e. The number of carbonyl (C=O) groups is 1. The lowest BCUT2D eigenvalue weighted by molar-refractivity contribution is -0.128. The molecule has 5 heteroatoms. The zero-order valence-corrected chi connectivity index (χ0v) is 15.7. The van der Waals surface area contributed by atoms with Crippen LogP contribution >= 0.6 is 0 Å². The van der Waals surface area contributed by atoms with Crippen LogP contribution in [0, 0.1) is 17.3 Å². The molecular weight excluding hydrogens is 326 g/mol. The highest BCUT2D eigenvalue weighted by Crippen LogP contribution is 2.50. The number of rotatable bonds is 5. The number of amides is 1. The molecule has 142 valence electrons. The first-order valence-corrected chi connectivity index (χ1v) is 10.2. The van der Waals surface area contributed by atoms with E-state index in [1.165, 1.54) is 12.8 Å². The molecule has 3 heterocycles. The molecule has 1 saturated carbocycles. The molecule has 0 bridgehead atoms. The van der Waals surface area contributed by atoms with Gasteiger partial charge in [0.1, 0.15) is 0 Å². The molecule has 1 spiro atoms. The van der Waals surface area contributed by atoms with E-state index in [1.807, 2.05) is 12.3 Å². The van der Waals surface area contributed by atoms with Crippen molar-refractivity contribution in [3.05, 3.63) is 30.1 Å². The second-order valence-corrected chi connectivity index (χ2v) is 8.39. The Hall–Kier alpha value is -1.46. The Morgan fingerprint density at radius 2 is 2.15 bits per heavy atom. The Labute approximate surface area is 156 Å². The summed E-state index contributed by atoms with van der Waals surface area (Å²) >= 11 is 0. The van der Waals surface area contributed by atoms with Gasteiger partial charge < -0.3 is 10.1 Å². The Morgan fingerprint density at radius 3 is 2.96 bits per heavy atom. The van der Waals surface area contributed by atoms with Gasteiger partial charge in [0.15, 0.2) is 0 Å². The molecule has 1 amide bonds. The monoisotopic (exact) mass is 357 g/mol. The van der Waals surface area contributed by atoms with Gasteiger partial charge in [-0.15, -0.1) is 0 Å². The van der Waals surface area contributed by atoms with Crippen LogP contribution in [0.1, 0.15) is 44.2 Å². The summed E-state index contributed by atoms with van der Waals surface area (Å²) in [5.74, 6) is 1.08.